The number of hydrogen-bond donors (Lipinski definition) is 1. The molecule has 7 heteroatoms. The van der Waals surface area contributed by atoms with Gasteiger partial charge in [-0.15, -0.1) is 0 Å². The number of esters is 1. The zero-order valence-electron chi connectivity index (χ0n) is 10.9. The van der Waals surface area contributed by atoms with Crippen molar-refractivity contribution < 1.29 is 24.3 Å². The quantitative estimate of drug-likeness (QED) is 0.498. The van der Waals surface area contributed by atoms with Crippen LogP contribution < -0.4 is 4.74 Å². The topological polar surface area (TPSA) is 98.9 Å². The highest BCUT2D eigenvalue weighted by atomic mass is 16.6. The molecule has 0 aromatic heterocycles. The Hall–Kier alpha value is -2.31. The average molecular weight is 269 g/mol. The van der Waals surface area contributed by atoms with Gasteiger partial charge in [-0.1, -0.05) is 6.92 Å². The summed E-state index contributed by atoms with van der Waals surface area (Å²) < 4.78 is 9.53. The smallest absolute Gasteiger partial charge is 0.314 e. The summed E-state index contributed by atoms with van der Waals surface area (Å²) >= 11 is 0. The number of nitro groups is 1. The van der Waals surface area contributed by atoms with E-state index in [0.29, 0.717) is 12.0 Å². The van der Waals surface area contributed by atoms with Crippen molar-refractivity contribution in [2.24, 2.45) is 0 Å². The molecular formula is C12H15NO6. The van der Waals surface area contributed by atoms with Gasteiger partial charge in [-0.25, -0.2) is 0 Å². The van der Waals surface area contributed by atoms with Gasteiger partial charge in [0.15, 0.2) is 5.75 Å². The van der Waals surface area contributed by atoms with Crippen molar-refractivity contribution in [3.05, 3.63) is 27.8 Å². The molecule has 1 N–H and O–H groups in total. The number of aromatic hydroxyl groups is 1. The molecule has 1 aromatic rings. The molecule has 0 saturated carbocycles. The minimum Gasteiger partial charge on any atom is -0.500 e. The minimum absolute atomic E-state index is 0.0495. The van der Waals surface area contributed by atoms with E-state index in [4.69, 9.17) is 4.74 Å². The van der Waals surface area contributed by atoms with Gasteiger partial charge in [0.2, 0.25) is 5.75 Å². The molecule has 0 fully saturated rings. The van der Waals surface area contributed by atoms with Gasteiger partial charge in [0.1, 0.15) is 0 Å². The number of carbonyl (C=O) groups is 1. The molecule has 0 amide bonds. The lowest BCUT2D eigenvalue weighted by molar-refractivity contribution is -0.386. The van der Waals surface area contributed by atoms with Gasteiger partial charge in [0, 0.05) is 6.07 Å². The number of nitrogens with zero attached hydrogens (tertiary/aromatic N) is 1. The molecular weight excluding hydrogens is 254 g/mol. The van der Waals surface area contributed by atoms with E-state index in [9.17, 15) is 20.0 Å². The third-order valence-electron chi connectivity index (χ3n) is 2.79. The van der Waals surface area contributed by atoms with Crippen molar-refractivity contribution in [2.45, 2.75) is 19.3 Å². The summed E-state index contributed by atoms with van der Waals surface area (Å²) in [4.78, 5) is 21.7. The maximum absolute atomic E-state index is 11.6. The third-order valence-corrected chi connectivity index (χ3v) is 2.79. The fourth-order valence-corrected chi connectivity index (χ4v) is 1.79. The molecule has 1 atom stereocenters. The largest absolute Gasteiger partial charge is 0.500 e. The van der Waals surface area contributed by atoms with E-state index in [1.807, 2.05) is 0 Å². The molecule has 7 nitrogen and oxygen atoms in total. The van der Waals surface area contributed by atoms with Crippen LogP contribution in [-0.4, -0.2) is 30.2 Å². The molecule has 19 heavy (non-hydrogen) atoms. The van der Waals surface area contributed by atoms with Gasteiger partial charge >= 0.3 is 11.7 Å². The second-order valence-electron chi connectivity index (χ2n) is 3.83. The summed E-state index contributed by atoms with van der Waals surface area (Å²) in [5.74, 6) is -1.75. The van der Waals surface area contributed by atoms with Crippen LogP contribution in [0.4, 0.5) is 5.69 Å². The molecule has 0 aliphatic rings. The van der Waals surface area contributed by atoms with E-state index in [1.165, 1.54) is 20.3 Å². The number of benzene rings is 1. The summed E-state index contributed by atoms with van der Waals surface area (Å²) in [6.07, 6.45) is 0.414. The van der Waals surface area contributed by atoms with Crippen LogP contribution in [0.5, 0.6) is 11.5 Å². The standard InChI is InChI=1S/C12H15NO6/c1-4-8(12(15)19-3)7-5-9(13(16)17)11(14)10(6-7)18-2/h5-6,8,14H,4H2,1-3H3. The molecule has 0 radical (unpaired) electrons. The maximum atomic E-state index is 11.6. The Bertz CT molecular complexity index is 499. The van der Waals surface area contributed by atoms with Gasteiger partial charge in [-0.05, 0) is 18.1 Å². The first kappa shape index (κ1) is 14.7. The molecule has 0 heterocycles. The fourth-order valence-electron chi connectivity index (χ4n) is 1.79. The summed E-state index contributed by atoms with van der Waals surface area (Å²) in [6, 6.07) is 2.55. The predicted molar refractivity (Wildman–Crippen MR) is 66.4 cm³/mol. The minimum atomic E-state index is -0.731. The summed E-state index contributed by atoms with van der Waals surface area (Å²) in [5.41, 5.74) is -0.132. The lowest BCUT2D eigenvalue weighted by Gasteiger charge is -2.14. The van der Waals surface area contributed by atoms with Crippen molar-refractivity contribution in [3.8, 4) is 11.5 Å². The first-order valence-corrected chi connectivity index (χ1v) is 5.59. The zero-order valence-corrected chi connectivity index (χ0v) is 10.9. The van der Waals surface area contributed by atoms with Crippen LogP contribution in [0.3, 0.4) is 0 Å². The maximum Gasteiger partial charge on any atom is 0.314 e. The molecule has 0 aliphatic heterocycles. The Morgan fingerprint density at radius 1 is 1.47 bits per heavy atom. The number of methoxy groups -OCH3 is 2. The monoisotopic (exact) mass is 269 g/mol. The highest BCUT2D eigenvalue weighted by Crippen LogP contribution is 2.39. The van der Waals surface area contributed by atoms with Crippen LogP contribution in [0.2, 0.25) is 0 Å². The van der Waals surface area contributed by atoms with E-state index in [2.05, 4.69) is 4.74 Å². The van der Waals surface area contributed by atoms with Crippen LogP contribution in [0.25, 0.3) is 0 Å². The number of nitro benzene ring substituents is 1. The van der Waals surface area contributed by atoms with Crippen LogP contribution in [0, 0.1) is 10.1 Å². The van der Waals surface area contributed by atoms with Crippen molar-refractivity contribution >= 4 is 11.7 Å². The highest BCUT2D eigenvalue weighted by molar-refractivity contribution is 5.79. The first-order chi connectivity index (χ1) is 8.96. The Morgan fingerprint density at radius 3 is 2.53 bits per heavy atom. The molecule has 1 rings (SSSR count). The summed E-state index contributed by atoms with van der Waals surface area (Å²) in [6.45, 7) is 1.76. The fraction of sp³-hybridized carbons (Fsp3) is 0.417. The van der Waals surface area contributed by atoms with E-state index in [1.54, 1.807) is 6.92 Å². The van der Waals surface area contributed by atoms with Crippen LogP contribution in [-0.2, 0) is 9.53 Å². The SMILES string of the molecule is CCC(C(=O)OC)c1cc(OC)c(O)c([N+](=O)[O-])c1. The number of ether oxygens (including phenoxy) is 2. The average Bonchev–Trinajstić information content (AvgIpc) is 2.40. The van der Waals surface area contributed by atoms with Gasteiger partial charge in [-0.2, -0.15) is 0 Å². The molecule has 0 spiro atoms. The van der Waals surface area contributed by atoms with Crippen LogP contribution >= 0.6 is 0 Å². The molecule has 1 aromatic carbocycles. The van der Waals surface area contributed by atoms with E-state index in [0.717, 1.165) is 6.07 Å². The Labute approximate surface area is 109 Å². The van der Waals surface area contributed by atoms with Crippen molar-refractivity contribution in [1.82, 2.24) is 0 Å². The second kappa shape index (κ2) is 6.03. The predicted octanol–water partition coefficient (Wildman–Crippen LogP) is 1.98. The van der Waals surface area contributed by atoms with Gasteiger partial charge in [-0.3, -0.25) is 14.9 Å². The van der Waals surface area contributed by atoms with Crippen molar-refractivity contribution in [3.63, 3.8) is 0 Å². The van der Waals surface area contributed by atoms with E-state index < -0.39 is 28.2 Å². The van der Waals surface area contributed by atoms with E-state index >= 15 is 0 Å². The number of carbonyl (C=O) groups excluding carboxylic acids is 1. The van der Waals surface area contributed by atoms with Crippen LogP contribution in [0.1, 0.15) is 24.8 Å². The summed E-state index contributed by atoms with van der Waals surface area (Å²) in [7, 11) is 2.53. The third kappa shape index (κ3) is 2.93. The Balaban J connectivity index is 3.39. The lowest BCUT2D eigenvalue weighted by atomic mass is 9.95. The van der Waals surface area contributed by atoms with Gasteiger partial charge < -0.3 is 14.6 Å². The second-order valence-corrected chi connectivity index (χ2v) is 3.83. The number of rotatable bonds is 5. The molecule has 0 aliphatic carbocycles. The van der Waals surface area contributed by atoms with Crippen molar-refractivity contribution in [2.75, 3.05) is 14.2 Å². The molecule has 104 valence electrons. The van der Waals surface area contributed by atoms with Crippen LogP contribution in [0.15, 0.2) is 12.1 Å². The molecule has 1 unspecified atom stereocenters. The Morgan fingerprint density at radius 2 is 2.11 bits per heavy atom. The first-order valence-electron chi connectivity index (χ1n) is 5.59. The Kier molecular flexibility index (Phi) is 4.68. The molecule has 0 bridgehead atoms. The summed E-state index contributed by atoms with van der Waals surface area (Å²) in [5, 5.41) is 20.5. The van der Waals surface area contributed by atoms with Gasteiger partial charge in [0.25, 0.3) is 0 Å². The van der Waals surface area contributed by atoms with Gasteiger partial charge in [0.05, 0.1) is 25.1 Å². The normalized spacial score (nSPS) is 11.7. The zero-order chi connectivity index (χ0) is 14.6. The molecule has 0 saturated heterocycles. The number of phenolic OH excluding ortho intramolecular Hbond substituents is 1. The lowest BCUT2D eigenvalue weighted by Crippen LogP contribution is -2.13. The highest BCUT2D eigenvalue weighted by Gasteiger charge is 2.26. The van der Waals surface area contributed by atoms with Crippen molar-refractivity contribution in [1.29, 1.82) is 0 Å². The number of hydrogen-bond acceptors (Lipinski definition) is 6. The van der Waals surface area contributed by atoms with E-state index in [-0.39, 0.29) is 5.75 Å². The number of phenols is 1.